The number of nitrogens with zero attached hydrogens (tertiary/aromatic N) is 16. The van der Waals surface area contributed by atoms with E-state index in [0.717, 1.165) is 14.2 Å². The largest absolute Gasteiger partial charge is 0.800 e. The first kappa shape index (κ1) is 76.3. The zero-order chi connectivity index (χ0) is 86.5. The molecule has 12 bridgehead atoms. The van der Waals surface area contributed by atoms with Crippen LogP contribution >= 0.6 is 0 Å². The Balaban J connectivity index is 0.897. The van der Waals surface area contributed by atoms with Crippen LogP contribution in [0.4, 0.5) is 93.5 Å². The maximum Gasteiger partial charge on any atom is 0.800 e. The van der Waals surface area contributed by atoms with Gasteiger partial charge in [0.05, 0.1) is 87.6 Å². The third kappa shape index (κ3) is 10.7. The lowest BCUT2D eigenvalue weighted by atomic mass is 10.1. The Hall–Kier alpha value is -14.4. The highest BCUT2D eigenvalue weighted by Crippen LogP contribution is 2.48. The molecule has 0 atom stereocenters. The molecular weight excluding hydrogens is 1740 g/mol. The van der Waals surface area contributed by atoms with Crippen LogP contribution in [0.1, 0.15) is 44.5 Å². The second-order valence-electron chi connectivity index (χ2n) is 29.9. The minimum Gasteiger partial charge on any atom is -0.482 e. The number of benzene rings is 12. The van der Waals surface area contributed by atoms with Crippen molar-refractivity contribution in [2.45, 2.75) is 0 Å². The molecule has 0 N–H and O–H groups in total. The van der Waals surface area contributed by atoms with Crippen molar-refractivity contribution in [2.24, 2.45) is 59.9 Å². The van der Waals surface area contributed by atoms with Gasteiger partial charge in [0.1, 0.15) is 138 Å². The van der Waals surface area contributed by atoms with E-state index in [4.69, 9.17) is 51.0 Å². The van der Waals surface area contributed by atoms with Crippen molar-refractivity contribution in [3.63, 3.8) is 0 Å². The van der Waals surface area contributed by atoms with Crippen molar-refractivity contribution in [3.8, 4) is 0 Å². The van der Waals surface area contributed by atoms with Gasteiger partial charge in [-0.3, -0.25) is 0 Å². The van der Waals surface area contributed by atoms with E-state index >= 15 is 70.2 Å². The van der Waals surface area contributed by atoms with Crippen molar-refractivity contribution in [1.29, 1.82) is 0 Å². The van der Waals surface area contributed by atoms with E-state index in [2.05, 4.69) is 20.0 Å². The lowest BCUT2D eigenvalue weighted by molar-refractivity contribution is 0.350. The number of aliphatic imine (C=N–C) groups is 8. The molecule has 12 heterocycles. The summed E-state index contributed by atoms with van der Waals surface area (Å²) in [5, 5.41) is -7.11. The summed E-state index contributed by atoms with van der Waals surface area (Å²) in [4.78, 5) is 57.3. The Morgan fingerprint density at radius 2 is 0.362 bits per heavy atom. The van der Waals surface area contributed by atoms with Gasteiger partial charge in [-0.2, -0.15) is 0 Å². The van der Waals surface area contributed by atoms with Gasteiger partial charge >= 0.3 is 47.0 Å². The Kier molecular flexibility index (Phi) is 16.6. The van der Waals surface area contributed by atoms with Crippen LogP contribution < -0.4 is 42.7 Å². The van der Waals surface area contributed by atoms with E-state index in [1.54, 1.807) is 24.3 Å². The van der Waals surface area contributed by atoms with E-state index in [1.807, 2.05) is 0 Å². The number of fused-ring (bicyclic) bond motifs is 28. The molecule has 39 heteroatoms. The maximum absolute atomic E-state index is 18.4. The monoisotopic (exact) mass is 1780 g/mol. The summed E-state index contributed by atoms with van der Waals surface area (Å²) in [6.07, 6.45) is 0. The fourth-order valence-corrected chi connectivity index (χ4v) is 35.6. The smallest absolute Gasteiger partial charge is 0.482 e. The number of hydrogen-bond donors (Lipinski definition) is 0. The zero-order valence-electron chi connectivity index (χ0n) is 63.4. The second-order valence-corrected chi connectivity index (χ2v) is 40.8. The average molecular weight is 1780 g/mol. The Bertz CT molecular complexity index is 7500. The van der Waals surface area contributed by atoms with Gasteiger partial charge in [0, 0.05) is 0 Å². The van der Waals surface area contributed by atoms with Crippen LogP contribution in [0.2, 0.25) is 0 Å². The number of hydrogen-bond acceptors (Lipinski definition) is 15. The summed E-state index contributed by atoms with van der Waals surface area (Å²) in [7, 11) is -12.0. The third-order valence-electron chi connectivity index (χ3n) is 23.1. The number of rotatable bonds is 10. The van der Waals surface area contributed by atoms with E-state index in [9.17, 15) is 0 Å². The number of aromatic nitrogens is 4. The van der Waals surface area contributed by atoms with Crippen molar-refractivity contribution in [2.75, 3.05) is 0 Å². The summed E-state index contributed by atoms with van der Waals surface area (Å²) >= 11 is -10.9. The number of amidine groups is 8. The van der Waals surface area contributed by atoms with Gasteiger partial charge in [0.2, 0.25) is 0 Å². The predicted octanol–water partition coefficient (Wildman–Crippen LogP) is 13.6. The average Bonchev–Trinajstić information content (AvgIpc) is 1.55. The van der Waals surface area contributed by atoms with Crippen LogP contribution in [0.25, 0.3) is 43.1 Å². The molecule has 0 saturated heterocycles. The molecule has 612 valence electrons. The second kappa shape index (κ2) is 27.6. The van der Waals surface area contributed by atoms with Gasteiger partial charge in [0.15, 0.2) is 46.7 Å². The van der Waals surface area contributed by atoms with E-state index in [1.165, 1.54) is 97.1 Å². The highest BCUT2D eigenvalue weighted by Gasteiger charge is 2.62. The SMILES string of the molecule is Fc1ccc(F)c2c1C1=NC2=Nc2c3c(F)ccc(F)c3c3[n]2[Al]([O][Si](O[Si]([O][Al]2[n]4c5c6c(F)ccc(F)c6c4N=C4N=C(N=c6c7c(F)ccc(F)c7c([n]62)=NC2=NC(=N5)c5c(F)ccc(F)c52)c2c(F)ccc(F)c24)(c2ccccc2)c2ccccc2)(c2ccccc2)c2ccccc2)[n]2c(c4c(F)ccc(F)c4c2=NC2=NC(=N3)c3c(F)ccc(F)c32)=N1. The normalized spacial score (nSPS) is 14.8. The third-order valence-corrected chi connectivity index (χ3v) is 37.8. The molecular formula is C88H36Al2F16N16O3Si2. The van der Waals surface area contributed by atoms with Crippen molar-refractivity contribution < 1.29 is 81.3 Å². The van der Waals surface area contributed by atoms with Gasteiger partial charge in [0.25, 0.3) is 0 Å². The highest BCUT2D eigenvalue weighted by molar-refractivity contribution is 7.07. The molecule has 0 fully saturated rings. The molecule has 0 amide bonds. The molecule has 127 heavy (non-hydrogen) atoms. The molecule has 8 aliphatic rings. The van der Waals surface area contributed by atoms with E-state index < -0.39 is 320 Å². The first-order chi connectivity index (χ1) is 61.6. The van der Waals surface area contributed by atoms with Gasteiger partial charge in [-0.25, -0.2) is 130 Å². The summed E-state index contributed by atoms with van der Waals surface area (Å²) < 4.78 is 315. The van der Waals surface area contributed by atoms with Crippen molar-refractivity contribution in [1.82, 2.24) is 14.2 Å². The van der Waals surface area contributed by atoms with Crippen LogP contribution in [-0.4, -0.2) is 108 Å². The number of halogens is 16. The molecule has 4 aromatic heterocycles. The van der Waals surface area contributed by atoms with E-state index in [0.29, 0.717) is 97.1 Å². The van der Waals surface area contributed by atoms with Crippen molar-refractivity contribution in [3.05, 3.63) is 378 Å². The molecule has 0 unspecified atom stereocenters. The first-order valence-electron chi connectivity index (χ1n) is 38.4. The molecule has 24 rings (SSSR count). The van der Waals surface area contributed by atoms with Gasteiger partial charge < -0.3 is 25.3 Å². The maximum atomic E-state index is 18.4. The van der Waals surface area contributed by atoms with Crippen LogP contribution in [0.5, 0.6) is 0 Å². The summed E-state index contributed by atoms with van der Waals surface area (Å²) in [5.41, 5.74) is -9.51. The topological polar surface area (TPSA) is 196 Å². The fourth-order valence-electron chi connectivity index (χ4n) is 17.8. The van der Waals surface area contributed by atoms with Gasteiger partial charge in [-0.15, -0.1) is 0 Å². The van der Waals surface area contributed by atoms with E-state index in [-0.39, 0.29) is 20.7 Å². The molecule has 16 aromatic rings. The minimum absolute atomic E-state index is 0.0415. The molecule has 0 saturated carbocycles. The Labute approximate surface area is 709 Å². The first-order valence-corrected chi connectivity index (χ1v) is 45.1. The predicted molar refractivity (Wildman–Crippen MR) is 441 cm³/mol. The fraction of sp³-hybridized carbons (Fsp3) is 0. The Morgan fingerprint density at radius 1 is 0.189 bits per heavy atom. The van der Waals surface area contributed by atoms with Crippen LogP contribution in [0, 0.1) is 93.1 Å². The quantitative estimate of drug-likeness (QED) is 0.0972. The standard InChI is InChI=1S/2C32H8F8N8.C24H20O3Si2.2Al/c2*33-9-1-2-10(34)18-17(9)25-41-26(18)46-28-21-13(37)5-6-14(38)22(21)30(43-28)48-32-24-16(40)8-7-15(39)23(24)31(44-32)47-29-20-12(36)4-3-11(35)19(20)27(42-29)45-25;25-28(21-13-5-1-6-14-21,22-15-7-2-8-16-22)27-29(26,23-17-9-3-10-18-23)24-19-11-4-12-20-24;;/h2*1-8H;1-20H;;/q3*-2;2*+3. The molecule has 12 aromatic carbocycles. The van der Waals surface area contributed by atoms with Crippen LogP contribution in [-0.2, 0) is 11.1 Å². The van der Waals surface area contributed by atoms with Crippen molar-refractivity contribution >= 4 is 181 Å². The highest BCUT2D eigenvalue weighted by atomic mass is 28.5. The molecule has 0 aliphatic carbocycles. The molecule has 19 nitrogen and oxygen atoms in total. The van der Waals surface area contributed by atoms with Gasteiger partial charge in [-0.05, 0) is 118 Å². The van der Waals surface area contributed by atoms with Gasteiger partial charge in [-0.1, -0.05) is 121 Å². The molecule has 8 aliphatic heterocycles. The Morgan fingerprint density at radius 3 is 0.559 bits per heavy atom. The molecule has 0 radical (unpaired) electrons. The lowest BCUT2D eigenvalue weighted by Crippen LogP contribution is -2.78. The summed E-state index contributed by atoms with van der Waals surface area (Å²) in [6, 6.07) is 41.6. The van der Waals surface area contributed by atoms with Crippen LogP contribution in [0.15, 0.2) is 278 Å². The summed E-state index contributed by atoms with van der Waals surface area (Å²) in [6.45, 7) is 0. The van der Waals surface area contributed by atoms with Crippen LogP contribution in [0.3, 0.4) is 0 Å². The lowest BCUT2D eigenvalue weighted by Gasteiger charge is -2.44. The summed E-state index contributed by atoms with van der Waals surface area (Å²) in [5.74, 6) is -30.6. The molecule has 0 spiro atoms. The minimum atomic E-state index is -5.98. The zero-order valence-corrected chi connectivity index (χ0v) is 67.7.